The van der Waals surface area contributed by atoms with Gasteiger partial charge in [-0.15, -0.1) is 5.43 Å². The first-order chi connectivity index (χ1) is 15.0. The molecular formula is C23H25F2N4O3+. The number of anilines is 1. The molecule has 1 saturated heterocycles. The van der Waals surface area contributed by atoms with Gasteiger partial charge in [-0.2, -0.15) is 0 Å². The quantitative estimate of drug-likeness (QED) is 0.717. The van der Waals surface area contributed by atoms with Gasteiger partial charge in [-0.1, -0.05) is 39.0 Å². The van der Waals surface area contributed by atoms with E-state index < -0.39 is 23.7 Å². The van der Waals surface area contributed by atoms with Crippen LogP contribution in [0.3, 0.4) is 0 Å². The van der Waals surface area contributed by atoms with Crippen molar-refractivity contribution >= 4 is 17.5 Å². The fraction of sp³-hybridized carbons (Fsp3) is 0.391. The normalized spacial score (nSPS) is 18.6. The Kier molecular flexibility index (Phi) is 5.44. The second kappa shape index (κ2) is 7.96. The van der Waals surface area contributed by atoms with Gasteiger partial charge in [0.05, 0.1) is 10.5 Å². The Bertz CT molecular complexity index is 1110. The van der Waals surface area contributed by atoms with Gasteiger partial charge in [0.25, 0.3) is 5.91 Å². The van der Waals surface area contributed by atoms with E-state index in [2.05, 4.69) is 5.43 Å². The number of nitrogens with zero attached hydrogens (tertiary/aromatic N) is 3. The molecule has 2 aliphatic rings. The molecule has 4 rings (SSSR count). The molecule has 9 heteroatoms. The minimum Gasteiger partial charge on any atom is -0.332 e. The van der Waals surface area contributed by atoms with E-state index in [1.807, 2.05) is 20.8 Å². The number of piperazine rings is 1. The highest BCUT2D eigenvalue weighted by atomic mass is 19.2. The summed E-state index contributed by atoms with van der Waals surface area (Å²) in [6.45, 7) is 6.49. The lowest BCUT2D eigenvalue weighted by Gasteiger charge is -2.36. The molecule has 0 radical (unpaired) electrons. The average molecular weight is 443 g/mol. The number of hydrogen-bond donors (Lipinski definition) is 1. The van der Waals surface area contributed by atoms with Crippen LogP contribution < -0.4 is 5.43 Å². The Labute approximate surface area is 184 Å². The number of nitrogens with one attached hydrogen (secondary N) is 1. The van der Waals surface area contributed by atoms with E-state index in [1.165, 1.54) is 35.2 Å². The smallest absolute Gasteiger partial charge is 0.328 e. The van der Waals surface area contributed by atoms with E-state index in [1.54, 1.807) is 4.90 Å². The number of nitroso groups, excluding NO2 is 1. The maximum Gasteiger partial charge on any atom is 0.328 e. The van der Waals surface area contributed by atoms with Crippen LogP contribution in [0.4, 0.5) is 14.5 Å². The first-order valence-electron chi connectivity index (χ1n) is 10.5. The molecule has 0 bridgehead atoms. The Morgan fingerprint density at radius 1 is 1.16 bits per heavy atom. The molecule has 0 saturated carbocycles. The van der Waals surface area contributed by atoms with E-state index in [9.17, 15) is 23.3 Å². The summed E-state index contributed by atoms with van der Waals surface area (Å²) >= 11 is 0. The van der Waals surface area contributed by atoms with Crippen LogP contribution in [0, 0.1) is 22.0 Å². The topological polar surface area (TPSA) is 72.7 Å². The fourth-order valence-electron chi connectivity index (χ4n) is 4.05. The number of halogens is 2. The molecule has 7 nitrogen and oxygen atoms in total. The molecule has 168 valence electrons. The van der Waals surface area contributed by atoms with Crippen molar-refractivity contribution in [3.05, 3.63) is 58.5 Å². The van der Waals surface area contributed by atoms with Crippen LogP contribution in [0.1, 0.15) is 37.6 Å². The van der Waals surface area contributed by atoms with Gasteiger partial charge in [0.1, 0.15) is 17.1 Å². The Morgan fingerprint density at radius 2 is 1.91 bits per heavy atom. The van der Waals surface area contributed by atoms with Crippen molar-refractivity contribution in [1.82, 2.24) is 9.80 Å². The maximum absolute atomic E-state index is 14.3. The third-order valence-electron chi connectivity index (χ3n) is 5.66. The zero-order valence-electron chi connectivity index (χ0n) is 18.2. The van der Waals surface area contributed by atoms with E-state index in [4.69, 9.17) is 0 Å². The van der Waals surface area contributed by atoms with E-state index >= 15 is 0 Å². The summed E-state index contributed by atoms with van der Waals surface area (Å²) < 4.78 is 28.0. The lowest BCUT2D eigenvalue weighted by atomic mass is 9.91. The van der Waals surface area contributed by atoms with Crippen molar-refractivity contribution in [3.8, 4) is 11.1 Å². The first kappa shape index (κ1) is 21.9. The monoisotopic (exact) mass is 443 g/mol. The van der Waals surface area contributed by atoms with Gasteiger partial charge < -0.3 is 4.90 Å². The number of amides is 2. The summed E-state index contributed by atoms with van der Waals surface area (Å²) in [5.74, 6) is -2.46. The molecule has 2 aromatic carbocycles. The Hall–Kier alpha value is -3.36. The zero-order valence-corrected chi connectivity index (χ0v) is 18.2. The molecule has 32 heavy (non-hydrogen) atoms. The highest BCUT2D eigenvalue weighted by molar-refractivity contribution is 6.01. The fourth-order valence-corrected chi connectivity index (χ4v) is 4.05. The summed E-state index contributed by atoms with van der Waals surface area (Å²) in [5.41, 5.74) is 3.29. The largest absolute Gasteiger partial charge is 0.332 e. The average Bonchev–Trinajstić information content (AvgIpc) is 2.83. The van der Waals surface area contributed by atoms with Crippen LogP contribution in [0.15, 0.2) is 36.4 Å². The van der Waals surface area contributed by atoms with Crippen LogP contribution in [0.2, 0.25) is 0 Å². The van der Waals surface area contributed by atoms with Gasteiger partial charge >= 0.3 is 6.17 Å². The van der Waals surface area contributed by atoms with Gasteiger partial charge in [0.15, 0.2) is 11.6 Å². The molecule has 1 fully saturated rings. The van der Waals surface area contributed by atoms with Gasteiger partial charge in [0.2, 0.25) is 5.91 Å². The van der Waals surface area contributed by atoms with Crippen molar-refractivity contribution in [2.45, 2.75) is 33.4 Å². The summed E-state index contributed by atoms with van der Waals surface area (Å²) in [5, 5.41) is 0. The van der Waals surface area contributed by atoms with Crippen LogP contribution in [-0.2, 0) is 4.79 Å². The molecule has 1 N–H and O–H groups in total. The van der Waals surface area contributed by atoms with Gasteiger partial charge in [0, 0.05) is 25.1 Å². The zero-order chi connectivity index (χ0) is 23.2. The molecule has 2 amide bonds. The van der Waals surface area contributed by atoms with Crippen molar-refractivity contribution in [1.29, 1.82) is 0 Å². The molecule has 2 aliphatic heterocycles. The van der Waals surface area contributed by atoms with E-state index in [-0.39, 0.29) is 41.2 Å². The molecular weight excluding hydrogens is 418 g/mol. The highest BCUT2D eigenvalue weighted by Gasteiger charge is 2.46. The molecule has 1 unspecified atom stereocenters. The summed E-state index contributed by atoms with van der Waals surface area (Å²) in [6.07, 6.45) is -0.565. The standard InChI is InChI=1S/C23H24F2N4O3/c1-23(2,3)12-20(30)27-9-10-28-19(13-27)29(32)26-18-8-7-14(11-16(18)22(28)31)15-5-4-6-17(24)21(15)25/h4-8,11,19H,9-10,12-13H2,1-3H3/p+1. The van der Waals surface area contributed by atoms with Gasteiger partial charge in [-0.25, -0.2) is 8.78 Å². The predicted octanol–water partition coefficient (Wildman–Crippen LogP) is 3.80. The molecule has 2 heterocycles. The highest BCUT2D eigenvalue weighted by Crippen LogP contribution is 2.32. The molecule has 1 atom stereocenters. The summed E-state index contributed by atoms with van der Waals surface area (Å²) in [4.78, 5) is 42.4. The van der Waals surface area contributed by atoms with Crippen LogP contribution in [-0.4, -0.2) is 52.3 Å². The van der Waals surface area contributed by atoms with Crippen molar-refractivity contribution in [2.24, 2.45) is 5.41 Å². The molecule has 0 aromatic heterocycles. The Morgan fingerprint density at radius 3 is 2.62 bits per heavy atom. The van der Waals surface area contributed by atoms with Crippen LogP contribution in [0.5, 0.6) is 0 Å². The number of rotatable bonds is 2. The van der Waals surface area contributed by atoms with E-state index in [0.29, 0.717) is 23.4 Å². The van der Waals surface area contributed by atoms with E-state index in [0.717, 1.165) is 6.07 Å². The SMILES string of the molecule is CC(C)(C)CC(=O)N1CCN2C(=O)c3cc(-c4cccc(F)c4F)ccc3N[N+](=O)C2C1. The van der Waals surface area contributed by atoms with Crippen LogP contribution in [0.25, 0.3) is 11.1 Å². The number of carbonyl (C=O) groups is 2. The lowest BCUT2D eigenvalue weighted by Crippen LogP contribution is -2.60. The second-order valence-corrected chi connectivity index (χ2v) is 9.36. The summed E-state index contributed by atoms with van der Waals surface area (Å²) in [6, 6.07) is 8.32. The van der Waals surface area contributed by atoms with Crippen molar-refractivity contribution < 1.29 is 23.2 Å². The maximum atomic E-state index is 14.3. The van der Waals surface area contributed by atoms with Gasteiger partial charge in [-0.3, -0.25) is 14.5 Å². The van der Waals surface area contributed by atoms with Crippen molar-refractivity contribution in [2.75, 3.05) is 25.1 Å². The first-order valence-corrected chi connectivity index (χ1v) is 10.5. The molecule has 2 aromatic rings. The molecule has 0 spiro atoms. The number of hydrogen-bond acceptors (Lipinski definition) is 3. The number of fused-ring (bicyclic) bond motifs is 2. The molecule has 0 aliphatic carbocycles. The van der Waals surface area contributed by atoms with Crippen molar-refractivity contribution in [3.63, 3.8) is 0 Å². The Balaban J connectivity index is 1.63. The third-order valence-corrected chi connectivity index (χ3v) is 5.66. The summed E-state index contributed by atoms with van der Waals surface area (Å²) in [7, 11) is 0. The third kappa shape index (κ3) is 4.06. The number of hydrazine groups is 1. The van der Waals surface area contributed by atoms with Gasteiger partial charge in [-0.05, 0) is 29.2 Å². The number of carbonyl (C=O) groups excluding carboxylic acids is 2. The second-order valence-electron chi connectivity index (χ2n) is 9.36. The lowest BCUT2D eigenvalue weighted by molar-refractivity contribution is -0.580. The minimum absolute atomic E-state index is 0.0259. The minimum atomic E-state index is -1.00. The number of benzene rings is 2. The predicted molar refractivity (Wildman–Crippen MR) is 115 cm³/mol. The van der Waals surface area contributed by atoms with Crippen LogP contribution >= 0.6 is 0 Å².